The highest BCUT2D eigenvalue weighted by atomic mass is 19.1. The minimum atomic E-state index is -0.556. The first kappa shape index (κ1) is 16.3. The highest BCUT2D eigenvalue weighted by Crippen LogP contribution is 2.31. The molecule has 2 aromatic carbocycles. The summed E-state index contributed by atoms with van der Waals surface area (Å²) in [7, 11) is 0. The van der Waals surface area contributed by atoms with Crippen molar-refractivity contribution >= 4 is 23.0 Å². The molecule has 0 fully saturated rings. The van der Waals surface area contributed by atoms with E-state index in [4.69, 9.17) is 0 Å². The molecule has 0 radical (unpaired) electrons. The van der Waals surface area contributed by atoms with Crippen LogP contribution in [0.25, 0.3) is 0 Å². The number of halogens is 1. The van der Waals surface area contributed by atoms with Gasteiger partial charge in [-0.3, -0.25) is 10.1 Å². The Morgan fingerprint density at radius 1 is 1.00 bits per heavy atom. The molecule has 3 aromatic rings. The number of hydrogen-bond acceptors (Lipinski definition) is 6. The van der Waals surface area contributed by atoms with E-state index >= 15 is 0 Å². The number of aromatic nitrogens is 2. The average molecular weight is 339 g/mol. The minimum absolute atomic E-state index is 0.0298. The molecule has 0 saturated heterocycles. The van der Waals surface area contributed by atoms with Crippen LogP contribution < -0.4 is 10.6 Å². The van der Waals surface area contributed by atoms with Crippen LogP contribution in [0.3, 0.4) is 0 Å². The van der Waals surface area contributed by atoms with E-state index in [1.807, 2.05) is 30.3 Å². The van der Waals surface area contributed by atoms with E-state index in [2.05, 4.69) is 20.6 Å². The molecule has 0 aliphatic carbocycles. The van der Waals surface area contributed by atoms with Gasteiger partial charge in [-0.05, 0) is 29.8 Å². The Balaban J connectivity index is 1.86. The van der Waals surface area contributed by atoms with Gasteiger partial charge < -0.3 is 10.6 Å². The summed E-state index contributed by atoms with van der Waals surface area (Å²) in [4.78, 5) is 18.8. The number of rotatable bonds is 6. The fourth-order valence-corrected chi connectivity index (χ4v) is 2.22. The molecule has 0 aliphatic heterocycles. The standard InChI is InChI=1S/C17H14FN5O2/c18-13-6-8-14(9-7-13)22-17-15(23(24)25)16(20-11-21-17)19-10-12-4-2-1-3-5-12/h1-9,11H,10H2,(H2,19,20,21,22). The highest BCUT2D eigenvalue weighted by molar-refractivity contribution is 5.73. The molecule has 0 unspecified atom stereocenters. The van der Waals surface area contributed by atoms with E-state index in [0.29, 0.717) is 12.2 Å². The smallest absolute Gasteiger partial charge is 0.353 e. The van der Waals surface area contributed by atoms with Gasteiger partial charge in [0.15, 0.2) is 0 Å². The van der Waals surface area contributed by atoms with E-state index in [1.165, 1.54) is 30.6 Å². The fourth-order valence-electron chi connectivity index (χ4n) is 2.22. The Hall–Kier alpha value is -3.55. The largest absolute Gasteiger partial charge is 0.360 e. The van der Waals surface area contributed by atoms with Crippen LogP contribution in [0.2, 0.25) is 0 Å². The zero-order valence-electron chi connectivity index (χ0n) is 13.0. The molecule has 126 valence electrons. The number of anilines is 3. The van der Waals surface area contributed by atoms with Gasteiger partial charge >= 0.3 is 5.69 Å². The summed E-state index contributed by atoms with van der Waals surface area (Å²) in [6.45, 7) is 0.384. The molecule has 0 amide bonds. The lowest BCUT2D eigenvalue weighted by atomic mass is 10.2. The molecule has 0 spiro atoms. The van der Waals surface area contributed by atoms with Crippen molar-refractivity contribution < 1.29 is 9.31 Å². The van der Waals surface area contributed by atoms with E-state index in [1.54, 1.807) is 0 Å². The van der Waals surface area contributed by atoms with Gasteiger partial charge in [0.25, 0.3) is 0 Å². The Morgan fingerprint density at radius 2 is 1.68 bits per heavy atom. The van der Waals surface area contributed by atoms with E-state index in [-0.39, 0.29) is 17.3 Å². The molecule has 0 bridgehead atoms. The van der Waals surface area contributed by atoms with Crippen LogP contribution in [0.15, 0.2) is 60.9 Å². The molecule has 7 nitrogen and oxygen atoms in total. The lowest BCUT2D eigenvalue weighted by Crippen LogP contribution is -2.08. The Morgan fingerprint density at radius 3 is 2.36 bits per heavy atom. The molecule has 0 aliphatic rings. The van der Waals surface area contributed by atoms with Crippen molar-refractivity contribution in [1.29, 1.82) is 0 Å². The lowest BCUT2D eigenvalue weighted by Gasteiger charge is -2.10. The topological polar surface area (TPSA) is 93.0 Å². The van der Waals surface area contributed by atoms with Gasteiger partial charge in [0, 0.05) is 12.2 Å². The van der Waals surface area contributed by atoms with E-state index < -0.39 is 10.7 Å². The first-order valence-corrected chi connectivity index (χ1v) is 7.43. The van der Waals surface area contributed by atoms with Crippen molar-refractivity contribution in [1.82, 2.24) is 9.97 Å². The summed E-state index contributed by atoms with van der Waals surface area (Å²) in [5.41, 5.74) is 1.17. The highest BCUT2D eigenvalue weighted by Gasteiger charge is 2.23. The first-order valence-electron chi connectivity index (χ1n) is 7.43. The van der Waals surface area contributed by atoms with Crippen LogP contribution in [-0.2, 0) is 6.54 Å². The molecule has 0 saturated carbocycles. The summed E-state index contributed by atoms with van der Waals surface area (Å²) in [6, 6.07) is 14.9. The number of hydrogen-bond donors (Lipinski definition) is 2. The van der Waals surface area contributed by atoms with Crippen LogP contribution in [0, 0.1) is 15.9 Å². The summed E-state index contributed by atoms with van der Waals surface area (Å²) in [5.74, 6) is -0.261. The zero-order valence-corrected chi connectivity index (χ0v) is 13.0. The second-order valence-corrected chi connectivity index (χ2v) is 5.15. The number of nitrogens with one attached hydrogen (secondary N) is 2. The quantitative estimate of drug-likeness (QED) is 0.523. The molecule has 25 heavy (non-hydrogen) atoms. The van der Waals surface area contributed by atoms with Gasteiger partial charge in [-0.2, -0.15) is 0 Å². The average Bonchev–Trinajstić information content (AvgIpc) is 2.62. The summed E-state index contributed by atoms with van der Waals surface area (Å²) < 4.78 is 13.0. The predicted octanol–water partition coefficient (Wildman–Crippen LogP) is 3.88. The van der Waals surface area contributed by atoms with Crippen LogP contribution in [0.5, 0.6) is 0 Å². The van der Waals surface area contributed by atoms with Gasteiger partial charge in [0.1, 0.15) is 12.1 Å². The number of nitro groups is 1. The number of benzene rings is 2. The third-order valence-corrected chi connectivity index (χ3v) is 3.41. The molecule has 3 rings (SSSR count). The van der Waals surface area contributed by atoms with Crippen LogP contribution in [0.1, 0.15) is 5.56 Å². The van der Waals surface area contributed by atoms with Gasteiger partial charge in [-0.1, -0.05) is 30.3 Å². The van der Waals surface area contributed by atoms with Gasteiger partial charge in [0.05, 0.1) is 4.92 Å². The Kier molecular flexibility index (Phi) is 4.79. The van der Waals surface area contributed by atoms with Crippen molar-refractivity contribution in [3.63, 3.8) is 0 Å². The first-order chi connectivity index (χ1) is 12.1. The monoisotopic (exact) mass is 339 g/mol. The van der Waals surface area contributed by atoms with Crippen molar-refractivity contribution in [2.75, 3.05) is 10.6 Å². The Bertz CT molecular complexity index is 872. The van der Waals surface area contributed by atoms with Gasteiger partial charge in [0.2, 0.25) is 11.6 Å². The maximum absolute atomic E-state index is 13.0. The Labute approximate surface area is 142 Å². The van der Waals surface area contributed by atoms with Crippen molar-refractivity contribution in [3.05, 3.63) is 82.4 Å². The zero-order chi connectivity index (χ0) is 17.6. The molecule has 1 aromatic heterocycles. The van der Waals surface area contributed by atoms with E-state index in [9.17, 15) is 14.5 Å². The van der Waals surface area contributed by atoms with Crippen molar-refractivity contribution in [3.8, 4) is 0 Å². The van der Waals surface area contributed by atoms with E-state index in [0.717, 1.165) is 5.56 Å². The summed E-state index contributed by atoms with van der Waals surface area (Å²) in [5, 5.41) is 17.3. The second kappa shape index (κ2) is 7.35. The molecule has 2 N–H and O–H groups in total. The predicted molar refractivity (Wildman–Crippen MR) is 92.1 cm³/mol. The third kappa shape index (κ3) is 4.05. The molecule has 1 heterocycles. The SMILES string of the molecule is O=[N+]([O-])c1c(NCc2ccccc2)ncnc1Nc1ccc(F)cc1. The van der Waals surface area contributed by atoms with Gasteiger partial charge in [-0.15, -0.1) is 0 Å². The second-order valence-electron chi connectivity index (χ2n) is 5.15. The number of nitrogens with zero attached hydrogens (tertiary/aromatic N) is 3. The fraction of sp³-hybridized carbons (Fsp3) is 0.0588. The summed E-state index contributed by atoms with van der Waals surface area (Å²) >= 11 is 0. The van der Waals surface area contributed by atoms with Crippen molar-refractivity contribution in [2.24, 2.45) is 0 Å². The van der Waals surface area contributed by atoms with Crippen LogP contribution in [-0.4, -0.2) is 14.9 Å². The molecule has 0 atom stereocenters. The molecule has 8 heteroatoms. The molecular weight excluding hydrogens is 325 g/mol. The van der Waals surface area contributed by atoms with Crippen LogP contribution >= 0.6 is 0 Å². The third-order valence-electron chi connectivity index (χ3n) is 3.41. The van der Waals surface area contributed by atoms with Gasteiger partial charge in [-0.25, -0.2) is 14.4 Å². The van der Waals surface area contributed by atoms with Crippen LogP contribution in [0.4, 0.5) is 27.4 Å². The normalized spacial score (nSPS) is 10.3. The minimum Gasteiger partial charge on any atom is -0.360 e. The summed E-state index contributed by atoms with van der Waals surface area (Å²) in [6.07, 6.45) is 1.23. The maximum Gasteiger partial charge on any atom is 0.353 e. The maximum atomic E-state index is 13.0. The lowest BCUT2D eigenvalue weighted by molar-refractivity contribution is -0.383. The van der Waals surface area contributed by atoms with Crippen molar-refractivity contribution in [2.45, 2.75) is 6.54 Å². The molecular formula is C17H14FN5O2.